The number of thiophene rings is 1. The number of piperidine rings is 1. The second-order valence-electron chi connectivity index (χ2n) is 4.67. The lowest BCUT2D eigenvalue weighted by molar-refractivity contribution is 0.0209. The average Bonchev–Trinajstić information content (AvgIpc) is 2.87. The van der Waals surface area contributed by atoms with E-state index in [1.54, 1.807) is 15.8 Å². The lowest BCUT2D eigenvalue weighted by Gasteiger charge is -2.30. The molecule has 0 radical (unpaired) electrons. The van der Waals surface area contributed by atoms with E-state index in [0.29, 0.717) is 34.9 Å². The van der Waals surface area contributed by atoms with Crippen LogP contribution in [0, 0.1) is 0 Å². The van der Waals surface area contributed by atoms with Crippen LogP contribution in [0.1, 0.15) is 19.3 Å². The summed E-state index contributed by atoms with van der Waals surface area (Å²) in [6.45, 7) is 2.31. The minimum atomic E-state index is -3.37. The number of hydrogen-bond acceptors (Lipinski definition) is 5. The number of ether oxygens (including phenoxy) is 1. The highest BCUT2D eigenvalue weighted by Crippen LogP contribution is 2.31. The maximum Gasteiger partial charge on any atom is 0.253 e. The Morgan fingerprint density at radius 2 is 2.10 bits per heavy atom. The summed E-state index contributed by atoms with van der Waals surface area (Å²) in [7, 11) is -3.37. The lowest BCUT2D eigenvalue weighted by Crippen LogP contribution is -2.40. The molecule has 0 bridgehead atoms. The molecule has 0 amide bonds. The Labute approximate surface area is 144 Å². The summed E-state index contributed by atoms with van der Waals surface area (Å²) >= 11 is 4.54. The third-order valence-corrected chi connectivity index (χ3v) is 7.81. The van der Waals surface area contributed by atoms with Crippen LogP contribution in [0.4, 0.5) is 0 Å². The Bertz CT molecular complexity index is 530. The zero-order valence-corrected chi connectivity index (χ0v) is 15.6. The third-order valence-electron chi connectivity index (χ3n) is 3.26. The van der Waals surface area contributed by atoms with Gasteiger partial charge < -0.3 is 10.5 Å². The van der Waals surface area contributed by atoms with Gasteiger partial charge in [-0.2, -0.15) is 4.31 Å². The summed E-state index contributed by atoms with van der Waals surface area (Å²) in [6.07, 6.45) is 2.49. The van der Waals surface area contributed by atoms with Crippen molar-refractivity contribution in [3.63, 3.8) is 0 Å². The molecule has 0 saturated carbocycles. The molecule has 0 unspecified atom stereocenters. The average molecular weight is 420 g/mol. The molecule has 1 aliphatic heterocycles. The summed E-state index contributed by atoms with van der Waals surface area (Å²) in [4.78, 5) is 0. The van der Waals surface area contributed by atoms with Crippen molar-refractivity contribution in [1.82, 2.24) is 4.31 Å². The van der Waals surface area contributed by atoms with Crippen LogP contribution in [0.3, 0.4) is 0 Å². The number of rotatable bonds is 6. The Balaban J connectivity index is 0.00000220. The van der Waals surface area contributed by atoms with Crippen molar-refractivity contribution in [2.24, 2.45) is 5.73 Å². The number of hydrogen-bond donors (Lipinski definition) is 1. The van der Waals surface area contributed by atoms with Crippen LogP contribution in [0.5, 0.6) is 0 Å². The van der Waals surface area contributed by atoms with Crippen molar-refractivity contribution in [2.75, 3.05) is 26.2 Å². The van der Waals surface area contributed by atoms with E-state index in [1.807, 2.05) is 0 Å². The summed E-state index contributed by atoms with van der Waals surface area (Å²) in [5.74, 6) is 0. The van der Waals surface area contributed by atoms with E-state index in [-0.39, 0.29) is 18.5 Å². The number of halogens is 2. The fourth-order valence-electron chi connectivity index (χ4n) is 2.15. The normalized spacial score (nSPS) is 17.6. The topological polar surface area (TPSA) is 72.6 Å². The molecule has 5 nitrogen and oxygen atoms in total. The highest BCUT2D eigenvalue weighted by atomic mass is 79.9. The standard InChI is InChI=1S/C12H19BrN2O3S2.ClH/c13-11-4-9-19-12(11)20(16,17)15-6-2-10(3-7-15)18-8-1-5-14;/h4,9-10H,1-3,5-8,14H2;1H. The highest BCUT2D eigenvalue weighted by Gasteiger charge is 2.31. The number of nitrogens with zero attached hydrogens (tertiary/aromatic N) is 1. The molecular weight excluding hydrogens is 400 g/mol. The van der Waals surface area contributed by atoms with E-state index in [1.165, 1.54) is 11.3 Å². The quantitative estimate of drug-likeness (QED) is 0.719. The Morgan fingerprint density at radius 3 is 2.62 bits per heavy atom. The fraction of sp³-hybridized carbons (Fsp3) is 0.667. The molecule has 1 fully saturated rings. The van der Waals surface area contributed by atoms with E-state index >= 15 is 0 Å². The van der Waals surface area contributed by atoms with Gasteiger partial charge in [-0.1, -0.05) is 0 Å². The predicted molar refractivity (Wildman–Crippen MR) is 90.7 cm³/mol. The first-order valence-electron chi connectivity index (χ1n) is 6.60. The molecule has 1 aromatic rings. The van der Waals surface area contributed by atoms with Crippen LogP contribution in [0.2, 0.25) is 0 Å². The van der Waals surface area contributed by atoms with E-state index in [9.17, 15) is 8.42 Å². The molecule has 1 aromatic heterocycles. The molecule has 0 aromatic carbocycles. The number of sulfonamides is 1. The van der Waals surface area contributed by atoms with Gasteiger partial charge in [-0.25, -0.2) is 8.42 Å². The highest BCUT2D eigenvalue weighted by molar-refractivity contribution is 9.10. The second kappa shape index (κ2) is 8.81. The van der Waals surface area contributed by atoms with Gasteiger partial charge in [0, 0.05) is 24.2 Å². The zero-order chi connectivity index (χ0) is 14.6. The minimum absolute atomic E-state index is 0. The molecule has 122 valence electrons. The van der Waals surface area contributed by atoms with Gasteiger partial charge in [0.25, 0.3) is 10.0 Å². The third kappa shape index (κ3) is 4.89. The second-order valence-corrected chi connectivity index (χ2v) is 8.58. The van der Waals surface area contributed by atoms with E-state index in [2.05, 4.69) is 15.9 Å². The monoisotopic (exact) mass is 418 g/mol. The summed E-state index contributed by atoms with van der Waals surface area (Å²) in [6, 6.07) is 1.76. The van der Waals surface area contributed by atoms with Crippen LogP contribution in [-0.2, 0) is 14.8 Å². The van der Waals surface area contributed by atoms with Crippen molar-refractivity contribution in [1.29, 1.82) is 0 Å². The van der Waals surface area contributed by atoms with E-state index in [0.717, 1.165) is 19.3 Å². The Hall–Kier alpha value is 0.300. The largest absolute Gasteiger partial charge is 0.378 e. The first-order chi connectivity index (χ1) is 9.55. The molecule has 2 rings (SSSR count). The van der Waals surface area contributed by atoms with Crippen LogP contribution in [0.25, 0.3) is 0 Å². The van der Waals surface area contributed by atoms with Gasteiger partial charge in [-0.15, -0.1) is 23.7 Å². The molecule has 21 heavy (non-hydrogen) atoms. The van der Waals surface area contributed by atoms with E-state index < -0.39 is 10.0 Å². The van der Waals surface area contributed by atoms with E-state index in [4.69, 9.17) is 10.5 Å². The Morgan fingerprint density at radius 1 is 1.43 bits per heavy atom. The smallest absolute Gasteiger partial charge is 0.253 e. The van der Waals surface area contributed by atoms with Crippen LogP contribution in [-0.4, -0.2) is 45.1 Å². The molecular formula is C12H20BrClN2O3S2. The maximum atomic E-state index is 12.5. The van der Waals surface area contributed by atoms with Crippen molar-refractivity contribution in [2.45, 2.75) is 29.6 Å². The lowest BCUT2D eigenvalue weighted by atomic mass is 10.1. The van der Waals surface area contributed by atoms with Gasteiger partial charge in [0.05, 0.1) is 6.10 Å². The first-order valence-corrected chi connectivity index (χ1v) is 9.72. The molecule has 0 spiro atoms. The van der Waals surface area contributed by atoms with Gasteiger partial charge in [-0.05, 0) is 53.2 Å². The Kier molecular flexibility index (Phi) is 8.11. The van der Waals surface area contributed by atoms with Gasteiger partial charge in [0.1, 0.15) is 4.21 Å². The predicted octanol–water partition coefficient (Wildman–Crippen LogP) is 2.45. The van der Waals surface area contributed by atoms with Crippen LogP contribution in [0.15, 0.2) is 20.1 Å². The molecule has 2 heterocycles. The van der Waals surface area contributed by atoms with Gasteiger partial charge >= 0.3 is 0 Å². The molecule has 9 heteroatoms. The van der Waals surface area contributed by atoms with Crippen LogP contribution >= 0.6 is 39.7 Å². The fourth-order valence-corrected chi connectivity index (χ4v) is 6.07. The number of nitrogens with two attached hydrogens (primary N) is 1. The molecule has 1 saturated heterocycles. The van der Waals surface area contributed by atoms with Gasteiger partial charge in [0.15, 0.2) is 0 Å². The maximum absolute atomic E-state index is 12.5. The molecule has 0 atom stereocenters. The van der Waals surface area contributed by atoms with Gasteiger partial charge in [-0.3, -0.25) is 0 Å². The van der Waals surface area contributed by atoms with Crippen molar-refractivity contribution >= 4 is 49.7 Å². The van der Waals surface area contributed by atoms with Crippen molar-refractivity contribution < 1.29 is 13.2 Å². The van der Waals surface area contributed by atoms with Crippen LogP contribution < -0.4 is 5.73 Å². The summed E-state index contributed by atoms with van der Waals surface area (Å²) < 4.78 is 33.2. The van der Waals surface area contributed by atoms with Crippen molar-refractivity contribution in [3.8, 4) is 0 Å². The first kappa shape index (κ1) is 19.3. The minimum Gasteiger partial charge on any atom is -0.378 e. The SMILES string of the molecule is Cl.NCCCOC1CCN(S(=O)(=O)c2sccc2Br)CC1. The zero-order valence-electron chi connectivity index (χ0n) is 11.5. The van der Waals surface area contributed by atoms with Gasteiger partial charge in [0.2, 0.25) is 0 Å². The van der Waals surface area contributed by atoms with Crippen molar-refractivity contribution in [3.05, 3.63) is 15.9 Å². The summed E-state index contributed by atoms with van der Waals surface area (Å²) in [5.41, 5.74) is 5.42. The molecule has 0 aliphatic carbocycles. The summed E-state index contributed by atoms with van der Waals surface area (Å²) in [5, 5.41) is 1.78. The molecule has 1 aliphatic rings. The molecule has 2 N–H and O–H groups in total.